The summed E-state index contributed by atoms with van der Waals surface area (Å²) in [6, 6.07) is 16.2. The normalized spacial score (nSPS) is 11.3. The predicted molar refractivity (Wildman–Crippen MR) is 128 cm³/mol. The summed E-state index contributed by atoms with van der Waals surface area (Å²) in [7, 11) is 0. The van der Waals surface area contributed by atoms with Gasteiger partial charge >= 0.3 is 0 Å². The Morgan fingerprint density at radius 1 is 1.25 bits per heavy atom. The highest BCUT2D eigenvalue weighted by atomic mass is 32.2. The van der Waals surface area contributed by atoms with E-state index in [9.17, 15) is 14.9 Å². The maximum Gasteiger partial charge on any atom is 0.271 e. The number of benzene rings is 2. The molecule has 4 rings (SSSR count). The van der Waals surface area contributed by atoms with Crippen molar-refractivity contribution in [2.75, 3.05) is 5.75 Å². The molecule has 0 saturated heterocycles. The van der Waals surface area contributed by atoms with Crippen LogP contribution >= 0.6 is 23.1 Å². The van der Waals surface area contributed by atoms with Crippen LogP contribution in [-0.4, -0.2) is 32.3 Å². The van der Waals surface area contributed by atoms with E-state index in [-0.39, 0.29) is 17.3 Å². The number of carbonyl (C=O) groups is 1. The first-order valence-electron chi connectivity index (χ1n) is 9.66. The largest absolute Gasteiger partial charge is 0.318 e. The molecule has 0 unspecified atom stereocenters. The molecule has 0 saturated carbocycles. The van der Waals surface area contributed by atoms with E-state index in [0.717, 1.165) is 31.5 Å². The van der Waals surface area contributed by atoms with Crippen molar-refractivity contribution in [3.8, 4) is 5.69 Å². The van der Waals surface area contributed by atoms with Crippen molar-refractivity contribution in [1.29, 1.82) is 0 Å². The number of hydrogen-bond donors (Lipinski definition) is 1. The second-order valence-electron chi connectivity index (χ2n) is 6.97. The Balaban J connectivity index is 1.40. The van der Waals surface area contributed by atoms with Crippen LogP contribution in [0, 0.1) is 24.0 Å². The SMILES string of the molecule is Cc1cc(/C=N/NC(=O)CSc2nc3ccccc3s2)c(C)n1-c1cccc([N+](=O)[O-])c1. The van der Waals surface area contributed by atoms with Crippen molar-refractivity contribution in [2.24, 2.45) is 5.10 Å². The van der Waals surface area contributed by atoms with Gasteiger partial charge in [-0.2, -0.15) is 5.10 Å². The quantitative estimate of drug-likeness (QED) is 0.182. The summed E-state index contributed by atoms with van der Waals surface area (Å²) in [6.07, 6.45) is 1.58. The van der Waals surface area contributed by atoms with Crippen LogP contribution in [0.2, 0.25) is 0 Å². The summed E-state index contributed by atoms with van der Waals surface area (Å²) in [4.78, 5) is 27.3. The van der Waals surface area contributed by atoms with Gasteiger partial charge in [-0.3, -0.25) is 14.9 Å². The van der Waals surface area contributed by atoms with Gasteiger partial charge in [0, 0.05) is 29.1 Å². The third kappa shape index (κ3) is 4.71. The number of thioether (sulfide) groups is 1. The van der Waals surface area contributed by atoms with E-state index in [0.29, 0.717) is 5.69 Å². The van der Waals surface area contributed by atoms with E-state index in [1.165, 1.54) is 23.9 Å². The van der Waals surface area contributed by atoms with Crippen molar-refractivity contribution >= 4 is 51.1 Å². The number of para-hydroxylation sites is 1. The maximum absolute atomic E-state index is 12.2. The highest BCUT2D eigenvalue weighted by Gasteiger charge is 2.13. The number of carbonyl (C=O) groups excluding carboxylic acids is 1. The Kier molecular flexibility index (Phi) is 6.33. The number of hydrazone groups is 1. The van der Waals surface area contributed by atoms with Gasteiger partial charge in [-0.05, 0) is 38.1 Å². The molecule has 4 aromatic rings. The van der Waals surface area contributed by atoms with Crippen molar-refractivity contribution in [3.05, 3.63) is 81.7 Å². The first-order chi connectivity index (χ1) is 15.4. The van der Waals surface area contributed by atoms with Crippen LogP contribution in [0.4, 0.5) is 5.69 Å². The first kappa shape index (κ1) is 21.7. The molecule has 1 amide bonds. The van der Waals surface area contributed by atoms with Gasteiger partial charge < -0.3 is 4.57 Å². The van der Waals surface area contributed by atoms with E-state index >= 15 is 0 Å². The monoisotopic (exact) mass is 465 g/mol. The molecule has 0 aliphatic rings. The summed E-state index contributed by atoms with van der Waals surface area (Å²) < 4.78 is 3.84. The van der Waals surface area contributed by atoms with E-state index < -0.39 is 4.92 Å². The van der Waals surface area contributed by atoms with Crippen molar-refractivity contribution in [1.82, 2.24) is 15.0 Å². The standard InChI is InChI=1S/C22H19N5O3S2/c1-14-10-16(15(2)26(14)17-6-5-7-18(11-17)27(29)30)12-23-25-21(28)13-31-22-24-19-8-3-4-9-20(19)32-22/h3-12H,13H2,1-2H3,(H,25,28)/b23-12+. The maximum atomic E-state index is 12.2. The molecule has 0 atom stereocenters. The number of nitrogens with zero attached hydrogens (tertiary/aromatic N) is 4. The Labute approximate surface area is 192 Å². The highest BCUT2D eigenvalue weighted by Crippen LogP contribution is 2.29. The van der Waals surface area contributed by atoms with Gasteiger partial charge in [-0.1, -0.05) is 30.0 Å². The summed E-state index contributed by atoms with van der Waals surface area (Å²) in [5.41, 5.74) is 6.78. The summed E-state index contributed by atoms with van der Waals surface area (Å²) in [5, 5.41) is 15.2. The molecule has 0 radical (unpaired) electrons. The number of hydrogen-bond acceptors (Lipinski definition) is 7. The Hall–Kier alpha value is -3.50. The zero-order valence-electron chi connectivity index (χ0n) is 17.3. The molecular weight excluding hydrogens is 446 g/mol. The topological polar surface area (TPSA) is 102 Å². The lowest BCUT2D eigenvalue weighted by Gasteiger charge is -2.09. The van der Waals surface area contributed by atoms with Crippen molar-refractivity contribution in [3.63, 3.8) is 0 Å². The van der Waals surface area contributed by atoms with Crippen LogP contribution in [-0.2, 0) is 4.79 Å². The predicted octanol–water partition coefficient (Wildman–Crippen LogP) is 4.85. The second-order valence-corrected chi connectivity index (χ2v) is 9.22. The number of aryl methyl sites for hydroxylation is 1. The summed E-state index contributed by atoms with van der Waals surface area (Å²) in [6.45, 7) is 3.81. The number of non-ortho nitro benzene ring substituents is 1. The minimum Gasteiger partial charge on any atom is -0.318 e. The van der Waals surface area contributed by atoms with Crippen LogP contribution in [0.15, 0.2) is 64.0 Å². The molecule has 0 aliphatic carbocycles. The van der Waals surface area contributed by atoms with Crippen LogP contribution in [0.5, 0.6) is 0 Å². The molecule has 2 aromatic heterocycles. The number of nitro benzene ring substituents is 1. The number of fused-ring (bicyclic) bond motifs is 1. The van der Waals surface area contributed by atoms with Crippen LogP contribution in [0.1, 0.15) is 17.0 Å². The second kappa shape index (κ2) is 9.33. The lowest BCUT2D eigenvalue weighted by atomic mass is 10.2. The number of thiazole rings is 1. The molecule has 2 aromatic carbocycles. The van der Waals surface area contributed by atoms with E-state index in [4.69, 9.17) is 0 Å². The number of aromatic nitrogens is 2. The smallest absolute Gasteiger partial charge is 0.271 e. The Bertz CT molecular complexity index is 1310. The number of amides is 1. The fraction of sp³-hybridized carbons (Fsp3) is 0.136. The molecule has 8 nitrogen and oxygen atoms in total. The average molecular weight is 466 g/mol. The molecule has 162 valence electrons. The van der Waals surface area contributed by atoms with Crippen LogP contribution in [0.25, 0.3) is 15.9 Å². The summed E-state index contributed by atoms with van der Waals surface area (Å²) >= 11 is 2.93. The van der Waals surface area contributed by atoms with Gasteiger partial charge in [-0.15, -0.1) is 11.3 Å². The van der Waals surface area contributed by atoms with Gasteiger partial charge in [0.2, 0.25) is 0 Å². The van der Waals surface area contributed by atoms with Gasteiger partial charge in [0.05, 0.1) is 32.8 Å². The van der Waals surface area contributed by atoms with Crippen molar-refractivity contribution < 1.29 is 9.72 Å². The minimum atomic E-state index is -0.415. The Morgan fingerprint density at radius 3 is 2.84 bits per heavy atom. The number of nitro groups is 1. The van der Waals surface area contributed by atoms with E-state index in [1.807, 2.05) is 54.8 Å². The number of rotatable bonds is 7. The van der Waals surface area contributed by atoms with Gasteiger partial charge in [-0.25, -0.2) is 10.4 Å². The van der Waals surface area contributed by atoms with Gasteiger partial charge in [0.15, 0.2) is 4.34 Å². The lowest BCUT2D eigenvalue weighted by molar-refractivity contribution is -0.384. The van der Waals surface area contributed by atoms with Crippen LogP contribution in [0.3, 0.4) is 0 Å². The molecule has 2 heterocycles. The fourth-order valence-electron chi connectivity index (χ4n) is 3.31. The molecule has 10 heteroatoms. The third-order valence-electron chi connectivity index (χ3n) is 4.76. The van der Waals surface area contributed by atoms with Crippen LogP contribution < -0.4 is 5.43 Å². The van der Waals surface area contributed by atoms with E-state index in [1.54, 1.807) is 23.6 Å². The molecule has 32 heavy (non-hydrogen) atoms. The van der Waals surface area contributed by atoms with Crippen molar-refractivity contribution in [2.45, 2.75) is 18.2 Å². The fourth-order valence-corrected chi connectivity index (χ4v) is 5.17. The average Bonchev–Trinajstić information content (AvgIpc) is 3.32. The highest BCUT2D eigenvalue weighted by molar-refractivity contribution is 8.01. The third-order valence-corrected chi connectivity index (χ3v) is 6.94. The van der Waals surface area contributed by atoms with Gasteiger partial charge in [0.1, 0.15) is 0 Å². The zero-order chi connectivity index (χ0) is 22.7. The zero-order valence-corrected chi connectivity index (χ0v) is 18.9. The number of nitrogens with one attached hydrogen (secondary N) is 1. The molecule has 0 fully saturated rings. The molecular formula is C22H19N5O3S2. The first-order valence-corrected chi connectivity index (χ1v) is 11.5. The minimum absolute atomic E-state index is 0.0307. The molecule has 0 bridgehead atoms. The van der Waals surface area contributed by atoms with E-state index in [2.05, 4.69) is 15.5 Å². The Morgan fingerprint density at radius 2 is 2.06 bits per heavy atom. The summed E-state index contributed by atoms with van der Waals surface area (Å²) in [5.74, 6) is -0.0119. The molecule has 1 N–H and O–H groups in total. The van der Waals surface area contributed by atoms with Gasteiger partial charge in [0.25, 0.3) is 11.6 Å². The molecule has 0 aliphatic heterocycles. The molecule has 0 spiro atoms. The lowest BCUT2D eigenvalue weighted by Crippen LogP contribution is -2.19.